The first-order chi connectivity index (χ1) is 12.5. The molecule has 26 heavy (non-hydrogen) atoms. The number of hydrogen-bond acceptors (Lipinski definition) is 8. The molecule has 3 rings (SSSR count). The van der Waals surface area contributed by atoms with Crippen LogP contribution in [0.1, 0.15) is 22.4 Å². The highest BCUT2D eigenvalue weighted by atomic mass is 35.5. The molecule has 0 bridgehead atoms. The Labute approximate surface area is 161 Å². The molecule has 11 heteroatoms. The summed E-state index contributed by atoms with van der Waals surface area (Å²) in [6.45, 7) is 3.87. The number of halogens is 1. The number of aromatic nitrogens is 4. The summed E-state index contributed by atoms with van der Waals surface area (Å²) < 4.78 is 6.40. The van der Waals surface area contributed by atoms with Crippen molar-refractivity contribution in [3.8, 4) is 10.6 Å². The maximum atomic E-state index is 12.0. The number of carbonyl (C=O) groups is 2. The van der Waals surface area contributed by atoms with Crippen molar-refractivity contribution >= 4 is 51.3 Å². The van der Waals surface area contributed by atoms with Gasteiger partial charge in [0.1, 0.15) is 6.54 Å². The minimum atomic E-state index is -0.450. The largest absolute Gasteiger partial charge is 0.461 e. The van der Waals surface area contributed by atoms with E-state index in [0.29, 0.717) is 28.1 Å². The van der Waals surface area contributed by atoms with Gasteiger partial charge >= 0.3 is 5.97 Å². The zero-order chi connectivity index (χ0) is 18.7. The smallest absolute Gasteiger partial charge is 0.367 e. The lowest BCUT2D eigenvalue weighted by Crippen LogP contribution is -2.18. The predicted octanol–water partition coefficient (Wildman–Crippen LogP) is 3.24. The van der Waals surface area contributed by atoms with E-state index in [1.165, 1.54) is 33.6 Å². The number of aryl methyl sites for hydroxylation is 1. The molecule has 0 radical (unpaired) electrons. The molecule has 0 aliphatic carbocycles. The van der Waals surface area contributed by atoms with Crippen LogP contribution in [-0.4, -0.2) is 38.2 Å². The van der Waals surface area contributed by atoms with E-state index in [2.05, 4.69) is 20.4 Å². The number of ether oxygens (including phenoxy) is 1. The summed E-state index contributed by atoms with van der Waals surface area (Å²) in [7, 11) is 0. The minimum absolute atomic E-state index is 0.0359. The van der Waals surface area contributed by atoms with Crippen LogP contribution < -0.4 is 5.32 Å². The van der Waals surface area contributed by atoms with Crippen LogP contribution in [0, 0.1) is 6.92 Å². The number of esters is 1. The average molecular weight is 412 g/mol. The Hall–Kier alpha value is -2.30. The first kappa shape index (κ1) is 18.5. The molecule has 0 atom stereocenters. The van der Waals surface area contributed by atoms with E-state index in [4.69, 9.17) is 16.3 Å². The Kier molecular flexibility index (Phi) is 5.64. The second-order valence-corrected chi connectivity index (χ2v) is 7.39. The number of carbonyl (C=O) groups excluding carboxylic acids is 2. The van der Waals surface area contributed by atoms with Gasteiger partial charge in [-0.2, -0.15) is 5.10 Å². The minimum Gasteiger partial charge on any atom is -0.461 e. The highest BCUT2D eigenvalue weighted by Gasteiger charge is 2.18. The van der Waals surface area contributed by atoms with E-state index in [9.17, 15) is 9.59 Å². The summed E-state index contributed by atoms with van der Waals surface area (Å²) in [5.74, 6) is -0.715. The molecule has 136 valence electrons. The number of anilines is 1. The van der Waals surface area contributed by atoms with Gasteiger partial charge in [0.2, 0.25) is 10.9 Å². The van der Waals surface area contributed by atoms with E-state index in [1.54, 1.807) is 25.4 Å². The lowest BCUT2D eigenvalue weighted by molar-refractivity contribution is -0.116. The van der Waals surface area contributed by atoms with Crippen molar-refractivity contribution < 1.29 is 14.3 Å². The van der Waals surface area contributed by atoms with Crippen LogP contribution in [0.3, 0.4) is 0 Å². The molecule has 8 nitrogen and oxygen atoms in total. The van der Waals surface area contributed by atoms with Gasteiger partial charge in [0.05, 0.1) is 34.1 Å². The fraction of sp³-hybridized carbons (Fsp3) is 0.267. The molecule has 0 spiro atoms. The Balaban J connectivity index is 1.69. The molecular formula is C15H14ClN5O3S2. The molecule has 0 unspecified atom stereocenters. The summed E-state index contributed by atoms with van der Waals surface area (Å²) in [4.78, 5) is 33.2. The summed E-state index contributed by atoms with van der Waals surface area (Å²) in [6, 6.07) is 0. The standard InChI is InChI=1S/C15H14ClN5O3S2/c1-3-24-14(23)13-18-8(2)12(26-13)10-7-25-15(19-10)20-11(22)6-21-5-9(16)4-17-21/h4-5,7H,3,6H2,1-2H3,(H,19,20,22). The molecule has 3 aromatic heterocycles. The Morgan fingerprint density at radius 2 is 2.19 bits per heavy atom. The van der Waals surface area contributed by atoms with Crippen molar-refractivity contribution in [3.05, 3.63) is 33.5 Å². The van der Waals surface area contributed by atoms with E-state index >= 15 is 0 Å². The normalized spacial score (nSPS) is 10.7. The molecule has 0 saturated heterocycles. The Morgan fingerprint density at radius 3 is 2.88 bits per heavy atom. The first-order valence-corrected chi connectivity index (χ1v) is 9.62. The fourth-order valence-corrected chi connectivity index (χ4v) is 3.95. The van der Waals surface area contributed by atoms with Crippen molar-refractivity contribution in [2.45, 2.75) is 20.4 Å². The molecule has 3 aromatic rings. The molecule has 3 heterocycles. The number of rotatable bonds is 6. The summed E-state index contributed by atoms with van der Waals surface area (Å²) in [5.41, 5.74) is 1.34. The SMILES string of the molecule is CCOC(=O)c1nc(C)c(-c2csc(NC(=O)Cn3cc(Cl)cn3)n2)s1. The lowest BCUT2D eigenvalue weighted by atomic mass is 10.3. The second-order valence-electron chi connectivity index (χ2n) is 5.10. The summed E-state index contributed by atoms with van der Waals surface area (Å²) in [6.07, 6.45) is 3.02. The highest BCUT2D eigenvalue weighted by molar-refractivity contribution is 7.18. The summed E-state index contributed by atoms with van der Waals surface area (Å²) >= 11 is 8.28. The highest BCUT2D eigenvalue weighted by Crippen LogP contribution is 2.32. The predicted molar refractivity (Wildman–Crippen MR) is 99.8 cm³/mol. The van der Waals surface area contributed by atoms with Gasteiger partial charge < -0.3 is 10.1 Å². The van der Waals surface area contributed by atoms with Gasteiger partial charge in [-0.15, -0.1) is 22.7 Å². The third kappa shape index (κ3) is 4.26. The number of nitrogens with zero attached hydrogens (tertiary/aromatic N) is 4. The number of hydrogen-bond donors (Lipinski definition) is 1. The van der Waals surface area contributed by atoms with Crippen molar-refractivity contribution in [2.24, 2.45) is 0 Å². The monoisotopic (exact) mass is 411 g/mol. The van der Waals surface area contributed by atoms with Crippen LogP contribution in [0.4, 0.5) is 5.13 Å². The molecule has 0 aliphatic heterocycles. The zero-order valence-corrected chi connectivity index (χ0v) is 16.2. The fourth-order valence-electron chi connectivity index (χ4n) is 2.08. The van der Waals surface area contributed by atoms with Gasteiger partial charge in [-0.05, 0) is 13.8 Å². The molecule has 0 aliphatic rings. The molecule has 0 saturated carbocycles. The maximum absolute atomic E-state index is 12.0. The average Bonchev–Trinajstić information content (AvgIpc) is 3.28. The van der Waals surface area contributed by atoms with Crippen LogP contribution in [0.5, 0.6) is 0 Å². The van der Waals surface area contributed by atoms with Crippen LogP contribution in [0.15, 0.2) is 17.8 Å². The number of amides is 1. The molecule has 0 aromatic carbocycles. The third-order valence-corrected chi connectivity index (χ3v) is 5.25. The van der Waals surface area contributed by atoms with Crippen molar-refractivity contribution in [1.82, 2.24) is 19.7 Å². The van der Waals surface area contributed by atoms with Crippen molar-refractivity contribution in [1.29, 1.82) is 0 Å². The van der Waals surface area contributed by atoms with Crippen LogP contribution in [0.25, 0.3) is 10.6 Å². The van der Waals surface area contributed by atoms with Gasteiger partial charge in [-0.3, -0.25) is 9.48 Å². The topological polar surface area (TPSA) is 99.0 Å². The maximum Gasteiger partial charge on any atom is 0.367 e. The lowest BCUT2D eigenvalue weighted by Gasteiger charge is -2.01. The summed E-state index contributed by atoms with van der Waals surface area (Å²) in [5, 5.41) is 9.67. The van der Waals surface area contributed by atoms with Gasteiger partial charge in [0.25, 0.3) is 0 Å². The Morgan fingerprint density at radius 1 is 1.38 bits per heavy atom. The van der Waals surface area contributed by atoms with Crippen LogP contribution >= 0.6 is 34.3 Å². The van der Waals surface area contributed by atoms with E-state index < -0.39 is 5.97 Å². The van der Waals surface area contributed by atoms with Crippen molar-refractivity contribution in [3.63, 3.8) is 0 Å². The second kappa shape index (κ2) is 7.94. The van der Waals surface area contributed by atoms with Gasteiger partial charge in [0.15, 0.2) is 5.13 Å². The number of thiazole rings is 2. The van der Waals surface area contributed by atoms with Gasteiger partial charge in [0, 0.05) is 11.6 Å². The van der Waals surface area contributed by atoms with E-state index in [-0.39, 0.29) is 17.5 Å². The third-order valence-electron chi connectivity index (χ3n) is 3.14. The van der Waals surface area contributed by atoms with Gasteiger partial charge in [-0.1, -0.05) is 11.6 Å². The van der Waals surface area contributed by atoms with Gasteiger partial charge in [-0.25, -0.2) is 14.8 Å². The van der Waals surface area contributed by atoms with E-state index in [0.717, 1.165) is 4.88 Å². The Bertz CT molecular complexity index is 949. The molecular weight excluding hydrogens is 398 g/mol. The van der Waals surface area contributed by atoms with Crippen LogP contribution in [-0.2, 0) is 16.1 Å². The molecule has 1 N–H and O–H groups in total. The first-order valence-electron chi connectivity index (χ1n) is 7.54. The zero-order valence-electron chi connectivity index (χ0n) is 13.9. The number of nitrogens with one attached hydrogen (secondary N) is 1. The van der Waals surface area contributed by atoms with Crippen LogP contribution in [0.2, 0.25) is 5.02 Å². The quantitative estimate of drug-likeness (QED) is 0.625. The van der Waals surface area contributed by atoms with Crippen molar-refractivity contribution in [2.75, 3.05) is 11.9 Å². The van der Waals surface area contributed by atoms with E-state index in [1.807, 2.05) is 0 Å². The molecule has 1 amide bonds. The molecule has 0 fully saturated rings.